The maximum absolute atomic E-state index is 5.77. The summed E-state index contributed by atoms with van der Waals surface area (Å²) < 4.78 is 12.1. The molecule has 0 spiro atoms. The molecule has 0 saturated carbocycles. The van der Waals surface area contributed by atoms with E-state index in [2.05, 4.69) is 41.2 Å². The maximum Gasteiger partial charge on any atom is 0.175 e. The Bertz CT molecular complexity index is 369. The lowest BCUT2D eigenvalue weighted by atomic mass is 10.2. The summed E-state index contributed by atoms with van der Waals surface area (Å²) >= 11 is 3.55. The molecule has 0 amide bonds. The molecular formula is C14H22BrNO2. The molecule has 0 aliphatic heterocycles. The van der Waals surface area contributed by atoms with Crippen LogP contribution in [0.25, 0.3) is 0 Å². The Hall–Kier alpha value is -0.740. The Kier molecular flexibility index (Phi) is 7.13. The number of methoxy groups -OCH3 is 1. The van der Waals surface area contributed by atoms with E-state index in [4.69, 9.17) is 9.47 Å². The topological polar surface area (TPSA) is 30.5 Å². The Morgan fingerprint density at radius 3 is 2.67 bits per heavy atom. The van der Waals surface area contributed by atoms with Crippen molar-refractivity contribution >= 4 is 15.9 Å². The molecule has 0 aliphatic carbocycles. The minimum Gasteiger partial charge on any atom is -0.493 e. The van der Waals surface area contributed by atoms with Crippen LogP contribution in [0.1, 0.15) is 32.3 Å². The van der Waals surface area contributed by atoms with Crippen molar-refractivity contribution < 1.29 is 9.47 Å². The van der Waals surface area contributed by atoms with E-state index >= 15 is 0 Å². The van der Waals surface area contributed by atoms with Crippen LogP contribution < -0.4 is 14.8 Å². The summed E-state index contributed by atoms with van der Waals surface area (Å²) in [6, 6.07) is 4.10. The average Bonchev–Trinajstić information content (AvgIpc) is 2.38. The number of rotatable bonds is 8. The van der Waals surface area contributed by atoms with E-state index in [1.807, 2.05) is 6.07 Å². The third-order valence-electron chi connectivity index (χ3n) is 2.61. The molecule has 1 aromatic carbocycles. The Morgan fingerprint density at radius 1 is 1.28 bits per heavy atom. The number of benzene rings is 1. The molecule has 4 heteroatoms. The number of ether oxygens (including phenoxy) is 2. The fourth-order valence-corrected chi connectivity index (χ4v) is 2.21. The van der Waals surface area contributed by atoms with Crippen LogP contribution in [0.4, 0.5) is 0 Å². The van der Waals surface area contributed by atoms with E-state index in [1.54, 1.807) is 7.11 Å². The lowest BCUT2D eigenvalue weighted by molar-refractivity contribution is 0.286. The van der Waals surface area contributed by atoms with Gasteiger partial charge in [0.2, 0.25) is 0 Å². The first kappa shape index (κ1) is 15.3. The van der Waals surface area contributed by atoms with Gasteiger partial charge in [0.15, 0.2) is 11.5 Å². The zero-order valence-electron chi connectivity index (χ0n) is 11.4. The third-order valence-corrected chi connectivity index (χ3v) is 3.20. The zero-order chi connectivity index (χ0) is 13.4. The average molecular weight is 316 g/mol. The van der Waals surface area contributed by atoms with Gasteiger partial charge in [-0.3, -0.25) is 0 Å². The molecule has 3 nitrogen and oxygen atoms in total. The van der Waals surface area contributed by atoms with Gasteiger partial charge in [-0.25, -0.2) is 0 Å². The molecule has 0 atom stereocenters. The number of unbranched alkanes of at least 4 members (excludes halogenated alkanes) is 1. The predicted molar refractivity (Wildman–Crippen MR) is 78.5 cm³/mol. The van der Waals surface area contributed by atoms with E-state index in [9.17, 15) is 0 Å². The van der Waals surface area contributed by atoms with Crippen LogP contribution >= 0.6 is 15.9 Å². The fraction of sp³-hybridized carbons (Fsp3) is 0.571. The van der Waals surface area contributed by atoms with Gasteiger partial charge >= 0.3 is 0 Å². The summed E-state index contributed by atoms with van der Waals surface area (Å²) in [5.74, 6) is 1.58. The molecule has 102 valence electrons. The molecule has 0 unspecified atom stereocenters. The smallest absolute Gasteiger partial charge is 0.175 e. The van der Waals surface area contributed by atoms with Gasteiger partial charge in [0.25, 0.3) is 0 Å². The largest absolute Gasteiger partial charge is 0.493 e. The second-order valence-corrected chi connectivity index (χ2v) is 4.95. The van der Waals surface area contributed by atoms with E-state index in [0.29, 0.717) is 0 Å². The molecular weight excluding hydrogens is 294 g/mol. The lowest BCUT2D eigenvalue weighted by Crippen LogP contribution is -2.12. The summed E-state index contributed by atoms with van der Waals surface area (Å²) in [6.07, 6.45) is 2.17. The second-order valence-electron chi connectivity index (χ2n) is 4.09. The lowest BCUT2D eigenvalue weighted by Gasteiger charge is -2.14. The molecule has 0 aliphatic rings. The van der Waals surface area contributed by atoms with Gasteiger partial charge in [-0.2, -0.15) is 0 Å². The van der Waals surface area contributed by atoms with Crippen LogP contribution in [0.3, 0.4) is 0 Å². The van der Waals surface area contributed by atoms with Crippen molar-refractivity contribution in [3.05, 3.63) is 22.2 Å². The van der Waals surface area contributed by atoms with Crippen molar-refractivity contribution in [2.24, 2.45) is 0 Å². The van der Waals surface area contributed by atoms with Gasteiger partial charge in [0, 0.05) is 6.54 Å². The standard InChI is InChI=1S/C14H22BrNO2/c1-4-6-7-18-14-12(15)8-11(10-16-5-2)9-13(14)17-3/h8-9,16H,4-7,10H2,1-3H3. The SMILES string of the molecule is CCCCOc1c(Br)cc(CNCC)cc1OC. The zero-order valence-corrected chi connectivity index (χ0v) is 13.0. The molecule has 0 heterocycles. The molecule has 0 bridgehead atoms. The summed E-state index contributed by atoms with van der Waals surface area (Å²) in [6.45, 7) is 6.75. The highest BCUT2D eigenvalue weighted by Gasteiger charge is 2.11. The van der Waals surface area contributed by atoms with Crippen molar-refractivity contribution in [3.63, 3.8) is 0 Å². The molecule has 1 rings (SSSR count). The van der Waals surface area contributed by atoms with Crippen molar-refractivity contribution in [1.29, 1.82) is 0 Å². The highest BCUT2D eigenvalue weighted by atomic mass is 79.9. The van der Waals surface area contributed by atoms with Crippen LogP contribution in [-0.4, -0.2) is 20.3 Å². The molecule has 0 fully saturated rings. The van der Waals surface area contributed by atoms with E-state index in [0.717, 1.165) is 48.5 Å². The number of hydrogen-bond acceptors (Lipinski definition) is 3. The third kappa shape index (κ3) is 4.50. The van der Waals surface area contributed by atoms with E-state index in [-0.39, 0.29) is 0 Å². The Morgan fingerprint density at radius 2 is 2.06 bits per heavy atom. The summed E-state index contributed by atoms with van der Waals surface area (Å²) in [7, 11) is 1.67. The first-order chi connectivity index (χ1) is 8.72. The van der Waals surface area contributed by atoms with Crippen molar-refractivity contribution in [3.8, 4) is 11.5 Å². The normalized spacial score (nSPS) is 10.4. The van der Waals surface area contributed by atoms with Gasteiger partial charge < -0.3 is 14.8 Å². The van der Waals surface area contributed by atoms with Crippen LogP contribution in [0, 0.1) is 0 Å². The predicted octanol–water partition coefficient (Wildman–Crippen LogP) is 3.75. The quantitative estimate of drug-likeness (QED) is 0.741. The maximum atomic E-state index is 5.77. The van der Waals surface area contributed by atoms with Gasteiger partial charge in [0.05, 0.1) is 18.2 Å². The van der Waals surface area contributed by atoms with Gasteiger partial charge in [-0.15, -0.1) is 0 Å². The summed E-state index contributed by atoms with van der Waals surface area (Å²) in [5, 5.41) is 3.30. The minimum atomic E-state index is 0.720. The molecule has 0 radical (unpaired) electrons. The Labute approximate surface area is 118 Å². The second kappa shape index (κ2) is 8.38. The first-order valence-corrected chi connectivity index (χ1v) is 7.22. The Balaban J connectivity index is 2.82. The van der Waals surface area contributed by atoms with Crippen LogP contribution in [-0.2, 0) is 6.54 Å². The van der Waals surface area contributed by atoms with E-state index in [1.165, 1.54) is 5.56 Å². The molecule has 0 saturated heterocycles. The molecule has 1 N–H and O–H groups in total. The molecule has 18 heavy (non-hydrogen) atoms. The highest BCUT2D eigenvalue weighted by molar-refractivity contribution is 9.10. The van der Waals surface area contributed by atoms with Crippen molar-refractivity contribution in [1.82, 2.24) is 5.32 Å². The van der Waals surface area contributed by atoms with Gasteiger partial charge in [0.1, 0.15) is 0 Å². The van der Waals surface area contributed by atoms with Crippen LogP contribution in [0.5, 0.6) is 11.5 Å². The van der Waals surface area contributed by atoms with Gasteiger partial charge in [-0.1, -0.05) is 20.3 Å². The first-order valence-electron chi connectivity index (χ1n) is 6.42. The van der Waals surface area contributed by atoms with Crippen LogP contribution in [0.15, 0.2) is 16.6 Å². The fourth-order valence-electron chi connectivity index (χ4n) is 1.60. The molecule has 0 aromatic heterocycles. The van der Waals surface area contributed by atoms with Crippen molar-refractivity contribution in [2.75, 3.05) is 20.3 Å². The number of nitrogens with one attached hydrogen (secondary N) is 1. The van der Waals surface area contributed by atoms with E-state index < -0.39 is 0 Å². The monoisotopic (exact) mass is 315 g/mol. The van der Waals surface area contributed by atoms with Crippen LogP contribution in [0.2, 0.25) is 0 Å². The highest BCUT2D eigenvalue weighted by Crippen LogP contribution is 2.36. The minimum absolute atomic E-state index is 0.720. The summed E-state index contributed by atoms with van der Waals surface area (Å²) in [5.41, 5.74) is 1.18. The summed E-state index contributed by atoms with van der Waals surface area (Å²) in [4.78, 5) is 0. The van der Waals surface area contributed by atoms with Gasteiger partial charge in [-0.05, 0) is 46.6 Å². The molecule has 1 aromatic rings. The van der Waals surface area contributed by atoms with Crippen molar-refractivity contribution in [2.45, 2.75) is 33.2 Å². The number of hydrogen-bond donors (Lipinski definition) is 1. The number of halogens is 1.